The molecule has 0 aliphatic rings. The van der Waals surface area contributed by atoms with E-state index in [-0.39, 0.29) is 18.8 Å². The van der Waals surface area contributed by atoms with Gasteiger partial charge in [0.15, 0.2) is 0 Å². The van der Waals surface area contributed by atoms with Crippen molar-refractivity contribution in [1.29, 1.82) is 0 Å². The van der Waals surface area contributed by atoms with Crippen molar-refractivity contribution in [3.8, 4) is 5.75 Å². The van der Waals surface area contributed by atoms with E-state index in [4.69, 9.17) is 4.74 Å². The highest BCUT2D eigenvalue weighted by atomic mass is 19.4. The van der Waals surface area contributed by atoms with E-state index < -0.39 is 31.2 Å². The van der Waals surface area contributed by atoms with Gasteiger partial charge in [-0.1, -0.05) is 43.0 Å². The van der Waals surface area contributed by atoms with E-state index in [1.54, 1.807) is 42.5 Å². The zero-order valence-electron chi connectivity index (χ0n) is 16.7. The van der Waals surface area contributed by atoms with Crippen molar-refractivity contribution in [3.05, 3.63) is 90.4 Å². The summed E-state index contributed by atoms with van der Waals surface area (Å²) in [5.41, 5.74) is 1.00. The Morgan fingerprint density at radius 1 is 1.16 bits per heavy atom. The molecule has 0 aliphatic heterocycles. The molecule has 2 aromatic carbocycles. The van der Waals surface area contributed by atoms with E-state index in [1.807, 2.05) is 0 Å². The lowest BCUT2D eigenvalue weighted by atomic mass is 10.0. The Kier molecular flexibility index (Phi) is 8.66. The van der Waals surface area contributed by atoms with E-state index >= 15 is 0 Å². The smallest absolute Gasteiger partial charge is 0.390 e. The quantitative estimate of drug-likeness (QED) is 0.380. The lowest BCUT2D eigenvalue weighted by molar-refractivity contribution is -0.148. The molecule has 0 spiro atoms. The molecule has 0 fully saturated rings. The molecule has 0 aromatic heterocycles. The molecular formula is C23H23F4NO3. The number of alkyl halides is 3. The Labute approximate surface area is 178 Å². The first-order valence-electron chi connectivity index (χ1n) is 9.49. The summed E-state index contributed by atoms with van der Waals surface area (Å²) in [6, 6.07) is 11.5. The van der Waals surface area contributed by atoms with Crippen LogP contribution in [0.3, 0.4) is 0 Å². The molecule has 0 radical (unpaired) electrons. The predicted octanol–water partition coefficient (Wildman–Crippen LogP) is 5.35. The molecule has 1 N–H and O–H groups in total. The molecule has 166 valence electrons. The average Bonchev–Trinajstić information content (AvgIpc) is 2.72. The molecule has 1 unspecified atom stereocenters. The van der Waals surface area contributed by atoms with Crippen LogP contribution in [0.5, 0.6) is 5.75 Å². The van der Waals surface area contributed by atoms with Crippen LogP contribution < -0.4 is 4.74 Å². The SMILES string of the molecule is C=C/C=C\N(CCC(F)(F)F)C(Cc1ccc(OCc2ccccc2F)cc1)C(=O)O. The summed E-state index contributed by atoms with van der Waals surface area (Å²) in [6.45, 7) is 3.00. The first-order valence-corrected chi connectivity index (χ1v) is 9.49. The fourth-order valence-corrected chi connectivity index (χ4v) is 2.83. The fraction of sp³-hybridized carbons (Fsp3) is 0.261. The highest BCUT2D eigenvalue weighted by molar-refractivity contribution is 5.74. The van der Waals surface area contributed by atoms with Crippen LogP contribution in [0.15, 0.2) is 73.5 Å². The summed E-state index contributed by atoms with van der Waals surface area (Å²) in [5, 5.41) is 9.58. The maximum absolute atomic E-state index is 13.7. The fourth-order valence-electron chi connectivity index (χ4n) is 2.83. The molecule has 1 atom stereocenters. The number of halogens is 4. The van der Waals surface area contributed by atoms with Crippen LogP contribution in [-0.4, -0.2) is 34.7 Å². The standard InChI is InChI=1S/C23H23F4NO3/c1-2-3-13-28(14-12-23(25,26)27)21(22(29)30)15-17-8-10-19(11-9-17)31-16-18-6-4-5-7-20(18)24/h2-11,13,21H,1,12,14-16H2,(H,29,30)/b13-3-. The number of rotatable bonds is 11. The molecule has 0 saturated heterocycles. The number of allylic oxidation sites excluding steroid dienone is 2. The van der Waals surface area contributed by atoms with Crippen LogP contribution in [-0.2, 0) is 17.8 Å². The highest BCUT2D eigenvalue weighted by Gasteiger charge is 2.31. The minimum Gasteiger partial charge on any atom is -0.489 e. The van der Waals surface area contributed by atoms with Crippen LogP contribution >= 0.6 is 0 Å². The highest BCUT2D eigenvalue weighted by Crippen LogP contribution is 2.22. The monoisotopic (exact) mass is 437 g/mol. The summed E-state index contributed by atoms with van der Waals surface area (Å²) >= 11 is 0. The van der Waals surface area contributed by atoms with Crippen molar-refractivity contribution in [2.75, 3.05) is 6.54 Å². The summed E-state index contributed by atoms with van der Waals surface area (Å²) in [7, 11) is 0. The summed E-state index contributed by atoms with van der Waals surface area (Å²) in [6.07, 6.45) is -1.50. The van der Waals surface area contributed by atoms with Gasteiger partial charge in [-0.2, -0.15) is 13.2 Å². The zero-order chi connectivity index (χ0) is 22.9. The molecule has 0 saturated carbocycles. The van der Waals surface area contributed by atoms with Gasteiger partial charge in [-0.3, -0.25) is 0 Å². The third-order valence-corrected chi connectivity index (χ3v) is 4.46. The van der Waals surface area contributed by atoms with Gasteiger partial charge in [0, 0.05) is 18.5 Å². The number of aliphatic carboxylic acids is 1. The van der Waals surface area contributed by atoms with E-state index in [1.165, 1.54) is 24.4 Å². The minimum absolute atomic E-state index is 0.0116. The number of hydrogen-bond donors (Lipinski definition) is 1. The summed E-state index contributed by atoms with van der Waals surface area (Å²) < 4.78 is 57.1. The van der Waals surface area contributed by atoms with E-state index in [9.17, 15) is 27.5 Å². The van der Waals surface area contributed by atoms with Gasteiger partial charge in [0.25, 0.3) is 0 Å². The predicted molar refractivity (Wildman–Crippen MR) is 109 cm³/mol. The first kappa shape index (κ1) is 24.0. The first-order chi connectivity index (χ1) is 14.7. The van der Waals surface area contributed by atoms with Gasteiger partial charge in [-0.25, -0.2) is 9.18 Å². The van der Waals surface area contributed by atoms with E-state index in [2.05, 4.69) is 6.58 Å². The van der Waals surface area contributed by atoms with Gasteiger partial charge in [0.05, 0.1) is 6.42 Å². The Morgan fingerprint density at radius 3 is 2.42 bits per heavy atom. The van der Waals surface area contributed by atoms with Gasteiger partial charge in [-0.15, -0.1) is 0 Å². The Bertz CT molecular complexity index is 894. The maximum atomic E-state index is 13.7. The molecule has 4 nitrogen and oxygen atoms in total. The molecule has 0 heterocycles. The van der Waals surface area contributed by atoms with Gasteiger partial charge in [-0.05, 0) is 36.0 Å². The summed E-state index contributed by atoms with van der Waals surface area (Å²) in [4.78, 5) is 12.9. The second-order valence-corrected chi connectivity index (χ2v) is 6.76. The van der Waals surface area contributed by atoms with Gasteiger partial charge < -0.3 is 14.7 Å². The molecule has 2 aromatic rings. The number of carboxylic acids is 1. The van der Waals surface area contributed by atoms with Gasteiger partial charge >= 0.3 is 12.1 Å². The lowest BCUT2D eigenvalue weighted by Gasteiger charge is -2.28. The third kappa shape index (κ3) is 8.16. The molecular weight excluding hydrogens is 414 g/mol. The number of hydrogen-bond acceptors (Lipinski definition) is 3. The molecule has 31 heavy (non-hydrogen) atoms. The second kappa shape index (κ2) is 11.2. The number of carbonyl (C=O) groups is 1. The van der Waals surface area contributed by atoms with Crippen LogP contribution in [0.1, 0.15) is 17.5 Å². The van der Waals surface area contributed by atoms with Crippen molar-refractivity contribution < 1.29 is 32.2 Å². The van der Waals surface area contributed by atoms with E-state index in [0.717, 1.165) is 4.90 Å². The minimum atomic E-state index is -4.40. The van der Waals surface area contributed by atoms with Crippen LogP contribution in [0.4, 0.5) is 17.6 Å². The van der Waals surface area contributed by atoms with Crippen molar-refractivity contribution >= 4 is 5.97 Å². The Hall–Kier alpha value is -3.29. The maximum Gasteiger partial charge on any atom is 0.390 e. The van der Waals surface area contributed by atoms with Crippen molar-refractivity contribution in [3.63, 3.8) is 0 Å². The van der Waals surface area contributed by atoms with Crippen molar-refractivity contribution in [2.45, 2.75) is 31.7 Å². The average molecular weight is 437 g/mol. The van der Waals surface area contributed by atoms with Gasteiger partial charge in [0.1, 0.15) is 24.2 Å². The van der Waals surface area contributed by atoms with Gasteiger partial charge in [0.2, 0.25) is 0 Å². The molecule has 0 amide bonds. The number of nitrogens with zero attached hydrogens (tertiary/aromatic N) is 1. The molecule has 2 rings (SSSR count). The van der Waals surface area contributed by atoms with Crippen LogP contribution in [0.2, 0.25) is 0 Å². The van der Waals surface area contributed by atoms with Crippen molar-refractivity contribution in [1.82, 2.24) is 4.90 Å². The number of benzene rings is 2. The molecule has 0 aliphatic carbocycles. The largest absolute Gasteiger partial charge is 0.489 e. The Balaban J connectivity index is 2.07. The normalized spacial score (nSPS) is 12.5. The molecule has 8 heteroatoms. The number of carboxylic acid groups (broad SMARTS) is 1. The van der Waals surface area contributed by atoms with Crippen molar-refractivity contribution in [2.24, 2.45) is 0 Å². The van der Waals surface area contributed by atoms with Crippen LogP contribution in [0, 0.1) is 5.82 Å². The molecule has 0 bridgehead atoms. The van der Waals surface area contributed by atoms with E-state index in [0.29, 0.717) is 16.9 Å². The number of ether oxygens (including phenoxy) is 1. The zero-order valence-corrected chi connectivity index (χ0v) is 16.7. The Morgan fingerprint density at radius 2 is 1.84 bits per heavy atom. The topological polar surface area (TPSA) is 49.8 Å². The lowest BCUT2D eigenvalue weighted by Crippen LogP contribution is -2.41. The third-order valence-electron chi connectivity index (χ3n) is 4.46. The van der Waals surface area contributed by atoms with Crippen LogP contribution in [0.25, 0.3) is 0 Å². The summed E-state index contributed by atoms with van der Waals surface area (Å²) in [5.74, 6) is -1.16. The second-order valence-electron chi connectivity index (χ2n) is 6.76.